The zero-order chi connectivity index (χ0) is 20.1. The summed E-state index contributed by atoms with van der Waals surface area (Å²) in [6.45, 7) is 2.69. The van der Waals surface area contributed by atoms with Gasteiger partial charge >= 0.3 is 11.3 Å². The second kappa shape index (κ2) is 8.34. The summed E-state index contributed by atoms with van der Waals surface area (Å²) in [5.74, 6) is 0.164. The number of hydrogen-bond donors (Lipinski definition) is 1. The van der Waals surface area contributed by atoms with Crippen molar-refractivity contribution < 1.29 is 19.2 Å². The molecule has 3 rings (SSSR count). The van der Waals surface area contributed by atoms with Gasteiger partial charge in [0, 0.05) is 17.2 Å². The molecule has 3 aromatic rings. The molecule has 0 aliphatic heterocycles. The monoisotopic (exact) mass is 382 g/mol. The number of ether oxygens (including phenoxy) is 1. The van der Waals surface area contributed by atoms with Crippen LogP contribution in [0.4, 0.5) is 5.69 Å². The fourth-order valence-electron chi connectivity index (χ4n) is 2.58. The molecule has 0 spiro atoms. The standard InChI is InChI=1S/C20H18N2O6/c1-2-3-11-27-14-9-7-13(8-10-14)20-21-16(12-18(23)28-20)15-5-4-6-17(19(15)24)22(25)26/h4-10,12,24H,2-3,11H2,1H3. The van der Waals surface area contributed by atoms with Crippen LogP contribution >= 0.6 is 0 Å². The van der Waals surface area contributed by atoms with Gasteiger partial charge in [-0.15, -0.1) is 0 Å². The van der Waals surface area contributed by atoms with E-state index >= 15 is 0 Å². The number of aromatic nitrogens is 1. The minimum Gasteiger partial charge on any atom is -0.502 e. The molecule has 144 valence electrons. The van der Waals surface area contributed by atoms with Gasteiger partial charge in [-0.3, -0.25) is 10.1 Å². The van der Waals surface area contributed by atoms with Crippen molar-refractivity contribution in [3.8, 4) is 34.2 Å². The fourth-order valence-corrected chi connectivity index (χ4v) is 2.58. The third-order valence-corrected chi connectivity index (χ3v) is 4.03. The molecule has 8 heteroatoms. The SMILES string of the molecule is CCCCOc1ccc(-c2nc(-c3cccc([N+](=O)[O-])c3O)cc(=O)o2)cc1. The van der Waals surface area contributed by atoms with Crippen LogP contribution in [0, 0.1) is 10.1 Å². The van der Waals surface area contributed by atoms with Gasteiger partial charge in [0.25, 0.3) is 0 Å². The molecule has 28 heavy (non-hydrogen) atoms. The van der Waals surface area contributed by atoms with Crippen molar-refractivity contribution in [1.82, 2.24) is 4.98 Å². The molecular weight excluding hydrogens is 364 g/mol. The fraction of sp³-hybridized carbons (Fsp3) is 0.200. The number of unbranched alkanes of at least 4 members (excludes halogenated alkanes) is 1. The molecule has 0 amide bonds. The Balaban J connectivity index is 1.96. The number of phenolic OH excluding ortho intramolecular Hbond substituents is 1. The largest absolute Gasteiger partial charge is 0.502 e. The zero-order valence-electron chi connectivity index (χ0n) is 15.1. The van der Waals surface area contributed by atoms with Crippen LogP contribution < -0.4 is 10.4 Å². The van der Waals surface area contributed by atoms with Crippen LogP contribution in [0.3, 0.4) is 0 Å². The molecule has 1 N–H and O–H groups in total. The van der Waals surface area contributed by atoms with E-state index in [0.29, 0.717) is 17.9 Å². The van der Waals surface area contributed by atoms with Gasteiger partial charge in [-0.25, -0.2) is 9.78 Å². The van der Waals surface area contributed by atoms with Gasteiger partial charge in [0.2, 0.25) is 11.6 Å². The van der Waals surface area contributed by atoms with Crippen LogP contribution in [0.1, 0.15) is 19.8 Å². The first-order valence-electron chi connectivity index (χ1n) is 8.71. The van der Waals surface area contributed by atoms with Crippen LogP contribution in [0.25, 0.3) is 22.7 Å². The van der Waals surface area contributed by atoms with Gasteiger partial charge < -0.3 is 14.3 Å². The van der Waals surface area contributed by atoms with E-state index in [9.17, 15) is 20.0 Å². The van der Waals surface area contributed by atoms with Crippen molar-refractivity contribution >= 4 is 5.69 Å². The number of aromatic hydroxyl groups is 1. The smallest absolute Gasteiger partial charge is 0.339 e. The molecule has 0 radical (unpaired) electrons. The lowest BCUT2D eigenvalue weighted by Crippen LogP contribution is -2.02. The van der Waals surface area contributed by atoms with Crippen LogP contribution in [0.15, 0.2) is 57.7 Å². The summed E-state index contributed by atoms with van der Waals surface area (Å²) in [6, 6.07) is 12.0. The van der Waals surface area contributed by atoms with E-state index in [0.717, 1.165) is 18.9 Å². The summed E-state index contributed by atoms with van der Waals surface area (Å²) in [5, 5.41) is 21.2. The lowest BCUT2D eigenvalue weighted by atomic mass is 10.1. The van der Waals surface area contributed by atoms with Crippen molar-refractivity contribution in [2.45, 2.75) is 19.8 Å². The second-order valence-electron chi connectivity index (χ2n) is 6.02. The van der Waals surface area contributed by atoms with Gasteiger partial charge in [-0.2, -0.15) is 0 Å². The molecule has 1 heterocycles. The van der Waals surface area contributed by atoms with Crippen molar-refractivity contribution in [2.75, 3.05) is 6.61 Å². The summed E-state index contributed by atoms with van der Waals surface area (Å²) in [6.07, 6.45) is 1.98. The maximum Gasteiger partial charge on any atom is 0.339 e. The van der Waals surface area contributed by atoms with Crippen LogP contribution in [-0.4, -0.2) is 21.6 Å². The molecule has 1 aromatic heterocycles. The number of phenols is 1. The summed E-state index contributed by atoms with van der Waals surface area (Å²) in [5.41, 5.74) is -0.470. The van der Waals surface area contributed by atoms with Crippen molar-refractivity contribution in [3.05, 3.63) is 69.1 Å². The van der Waals surface area contributed by atoms with E-state index in [1.54, 1.807) is 24.3 Å². The first-order chi connectivity index (χ1) is 13.5. The Morgan fingerprint density at radius 3 is 2.64 bits per heavy atom. The Morgan fingerprint density at radius 1 is 1.21 bits per heavy atom. The highest BCUT2D eigenvalue weighted by Crippen LogP contribution is 2.36. The molecule has 0 atom stereocenters. The molecule has 0 fully saturated rings. The number of hydrogen-bond acceptors (Lipinski definition) is 7. The van der Waals surface area contributed by atoms with Gasteiger partial charge in [0.1, 0.15) is 5.75 Å². The molecule has 0 saturated carbocycles. The third-order valence-electron chi connectivity index (χ3n) is 4.03. The highest BCUT2D eigenvalue weighted by molar-refractivity contribution is 5.73. The van der Waals surface area contributed by atoms with Gasteiger partial charge in [-0.05, 0) is 36.8 Å². The Bertz CT molecular complexity index is 1040. The number of rotatable bonds is 7. The van der Waals surface area contributed by atoms with E-state index < -0.39 is 22.0 Å². The highest BCUT2D eigenvalue weighted by Gasteiger charge is 2.19. The molecular formula is C20H18N2O6. The summed E-state index contributed by atoms with van der Waals surface area (Å²) in [7, 11) is 0. The molecule has 2 aromatic carbocycles. The third kappa shape index (κ3) is 4.17. The Labute approximate surface area is 160 Å². The lowest BCUT2D eigenvalue weighted by molar-refractivity contribution is -0.385. The number of para-hydroxylation sites is 1. The maximum absolute atomic E-state index is 12.0. The van der Waals surface area contributed by atoms with Gasteiger partial charge in [0.15, 0.2) is 0 Å². The summed E-state index contributed by atoms with van der Waals surface area (Å²) in [4.78, 5) is 26.5. The van der Waals surface area contributed by atoms with Crippen LogP contribution in [0.2, 0.25) is 0 Å². The first-order valence-corrected chi connectivity index (χ1v) is 8.71. The van der Waals surface area contributed by atoms with E-state index in [1.807, 2.05) is 0 Å². The predicted octanol–water partition coefficient (Wildman–Crippen LogP) is 4.16. The summed E-state index contributed by atoms with van der Waals surface area (Å²) >= 11 is 0. The van der Waals surface area contributed by atoms with E-state index in [1.165, 1.54) is 18.2 Å². The molecule has 0 unspecified atom stereocenters. The number of nitro benzene ring substituents is 1. The normalized spacial score (nSPS) is 10.6. The van der Waals surface area contributed by atoms with E-state index in [2.05, 4.69) is 11.9 Å². The zero-order valence-corrected chi connectivity index (χ0v) is 15.1. The predicted molar refractivity (Wildman–Crippen MR) is 102 cm³/mol. The molecule has 8 nitrogen and oxygen atoms in total. The average Bonchev–Trinajstić information content (AvgIpc) is 2.68. The van der Waals surface area contributed by atoms with Gasteiger partial charge in [-0.1, -0.05) is 19.4 Å². The number of nitrogens with zero attached hydrogens (tertiary/aromatic N) is 2. The summed E-state index contributed by atoms with van der Waals surface area (Å²) < 4.78 is 10.8. The van der Waals surface area contributed by atoms with E-state index in [4.69, 9.17) is 9.15 Å². The molecule has 0 aliphatic carbocycles. The quantitative estimate of drug-likeness (QED) is 0.370. The van der Waals surface area contributed by atoms with Crippen molar-refractivity contribution in [2.24, 2.45) is 0 Å². The van der Waals surface area contributed by atoms with Crippen LogP contribution in [-0.2, 0) is 0 Å². The maximum atomic E-state index is 12.0. The Morgan fingerprint density at radius 2 is 1.96 bits per heavy atom. The van der Waals surface area contributed by atoms with Gasteiger partial charge in [0.05, 0.1) is 23.3 Å². The average molecular weight is 382 g/mol. The van der Waals surface area contributed by atoms with Crippen molar-refractivity contribution in [1.29, 1.82) is 0 Å². The van der Waals surface area contributed by atoms with Crippen LogP contribution in [0.5, 0.6) is 11.5 Å². The topological polar surface area (TPSA) is 116 Å². The highest BCUT2D eigenvalue weighted by atomic mass is 16.6. The number of nitro groups is 1. The molecule has 0 bridgehead atoms. The minimum atomic E-state index is -0.706. The minimum absolute atomic E-state index is 0.0357. The molecule has 0 saturated heterocycles. The molecule has 0 aliphatic rings. The second-order valence-corrected chi connectivity index (χ2v) is 6.02. The van der Waals surface area contributed by atoms with Crippen molar-refractivity contribution in [3.63, 3.8) is 0 Å². The lowest BCUT2D eigenvalue weighted by Gasteiger charge is -2.07. The Hall–Kier alpha value is -3.68. The Kier molecular flexibility index (Phi) is 5.69. The first kappa shape index (κ1) is 19.1. The van der Waals surface area contributed by atoms with E-state index in [-0.39, 0.29) is 17.1 Å². The number of benzene rings is 2.